The third-order valence-electron chi connectivity index (χ3n) is 3.45. The number of hydrogen-bond donors (Lipinski definition) is 2. The monoisotopic (exact) mass is 357 g/mol. The minimum Gasteiger partial charge on any atom is -0.321 e. The van der Waals surface area contributed by atoms with Crippen LogP contribution in [-0.4, -0.2) is 35.9 Å². The van der Waals surface area contributed by atoms with E-state index >= 15 is 0 Å². The molecule has 0 bridgehead atoms. The molecule has 1 aromatic carbocycles. The zero-order valence-corrected chi connectivity index (χ0v) is 14.1. The molecule has 25 heavy (non-hydrogen) atoms. The lowest BCUT2D eigenvalue weighted by molar-refractivity contribution is 0.102. The molecule has 0 saturated heterocycles. The van der Waals surface area contributed by atoms with Gasteiger partial charge in [-0.05, 0) is 37.4 Å². The quantitative estimate of drug-likeness (QED) is 0.718. The summed E-state index contributed by atoms with van der Waals surface area (Å²) >= 11 is 0. The van der Waals surface area contributed by atoms with E-state index in [0.29, 0.717) is 11.5 Å². The van der Waals surface area contributed by atoms with Gasteiger partial charge < -0.3 is 5.32 Å². The highest BCUT2D eigenvalue weighted by atomic mass is 32.2. The van der Waals surface area contributed by atoms with Gasteiger partial charge in [-0.15, -0.1) is 0 Å². The molecule has 0 saturated carbocycles. The van der Waals surface area contributed by atoms with Crippen LogP contribution in [-0.2, 0) is 10.0 Å². The highest BCUT2D eigenvalue weighted by molar-refractivity contribution is 7.89. The molecule has 2 N–H and O–H groups in total. The van der Waals surface area contributed by atoms with Crippen molar-refractivity contribution in [2.45, 2.75) is 4.90 Å². The van der Waals surface area contributed by atoms with Gasteiger partial charge in [-0.2, -0.15) is 0 Å². The third-order valence-corrected chi connectivity index (χ3v) is 4.86. The van der Waals surface area contributed by atoms with Gasteiger partial charge in [0.15, 0.2) is 0 Å². The number of aromatic nitrogens is 3. The second-order valence-corrected chi connectivity index (χ2v) is 6.95. The molecule has 8 nitrogen and oxygen atoms in total. The van der Waals surface area contributed by atoms with Crippen LogP contribution in [0.4, 0.5) is 5.69 Å². The summed E-state index contributed by atoms with van der Waals surface area (Å²) < 4.78 is 27.6. The normalized spacial score (nSPS) is 11.2. The first-order chi connectivity index (χ1) is 12.0. The number of benzene rings is 1. The maximum Gasteiger partial charge on any atom is 0.255 e. The average molecular weight is 357 g/mol. The zero-order valence-electron chi connectivity index (χ0n) is 13.2. The summed E-state index contributed by atoms with van der Waals surface area (Å²) in [7, 11) is -2.29. The number of amides is 1. The Balaban J connectivity index is 1.77. The molecule has 0 aliphatic carbocycles. The predicted molar refractivity (Wildman–Crippen MR) is 92.0 cm³/mol. The Bertz CT molecular complexity index is 983. The first-order valence-corrected chi connectivity index (χ1v) is 8.77. The fourth-order valence-corrected chi connectivity index (χ4v) is 2.91. The lowest BCUT2D eigenvalue weighted by Crippen LogP contribution is -2.19. The highest BCUT2D eigenvalue weighted by Gasteiger charge is 2.14. The Morgan fingerprint density at radius 2 is 2.04 bits per heavy atom. The van der Waals surface area contributed by atoms with Crippen LogP contribution in [0.15, 0.2) is 66.2 Å². The van der Waals surface area contributed by atoms with Crippen LogP contribution >= 0.6 is 0 Å². The molecule has 0 atom stereocenters. The molecule has 128 valence electrons. The fourth-order valence-electron chi connectivity index (χ4n) is 2.13. The van der Waals surface area contributed by atoms with Crippen molar-refractivity contribution in [3.8, 4) is 5.82 Å². The van der Waals surface area contributed by atoms with Gasteiger partial charge in [0, 0.05) is 18.0 Å². The van der Waals surface area contributed by atoms with Crippen molar-refractivity contribution in [2.24, 2.45) is 0 Å². The summed E-state index contributed by atoms with van der Waals surface area (Å²) in [6, 6.07) is 9.23. The largest absolute Gasteiger partial charge is 0.321 e. The summed E-state index contributed by atoms with van der Waals surface area (Å²) in [6.07, 6.45) is 6.54. The van der Waals surface area contributed by atoms with E-state index in [4.69, 9.17) is 0 Å². The highest BCUT2D eigenvalue weighted by Crippen LogP contribution is 2.14. The molecular weight excluding hydrogens is 342 g/mol. The van der Waals surface area contributed by atoms with Crippen LogP contribution in [0.3, 0.4) is 0 Å². The number of nitrogens with zero attached hydrogens (tertiary/aromatic N) is 3. The lowest BCUT2D eigenvalue weighted by atomic mass is 10.2. The number of nitrogens with one attached hydrogen (secondary N) is 2. The van der Waals surface area contributed by atoms with E-state index in [2.05, 4.69) is 20.0 Å². The molecule has 0 fully saturated rings. The molecule has 2 aromatic heterocycles. The predicted octanol–water partition coefficient (Wildman–Crippen LogP) is 1.43. The number of imidazole rings is 1. The van der Waals surface area contributed by atoms with Crippen molar-refractivity contribution in [3.63, 3.8) is 0 Å². The minimum absolute atomic E-state index is 0.0243. The standard InChI is InChI=1S/C16H15N5O3S/c1-17-25(23,24)14-4-2-3-12(9-14)16(22)20-13-5-6-15(19-10-13)21-8-7-18-11-21/h2-11,17H,1H3,(H,20,22). The molecule has 9 heteroatoms. The number of anilines is 1. The SMILES string of the molecule is CNS(=O)(=O)c1cccc(C(=O)Nc2ccc(-n3ccnc3)nc2)c1. The molecule has 3 aromatic rings. The van der Waals surface area contributed by atoms with E-state index < -0.39 is 15.9 Å². The fraction of sp³-hybridized carbons (Fsp3) is 0.0625. The molecule has 1 amide bonds. The number of carbonyl (C=O) groups excluding carboxylic acids is 1. The zero-order chi connectivity index (χ0) is 17.9. The summed E-state index contributed by atoms with van der Waals surface area (Å²) in [5.41, 5.74) is 0.728. The van der Waals surface area contributed by atoms with Gasteiger partial charge in [0.1, 0.15) is 12.1 Å². The maximum absolute atomic E-state index is 12.3. The molecule has 2 heterocycles. The van der Waals surface area contributed by atoms with Crippen molar-refractivity contribution in [1.29, 1.82) is 0 Å². The van der Waals surface area contributed by atoms with Gasteiger partial charge in [-0.25, -0.2) is 23.1 Å². The number of carbonyl (C=O) groups is 1. The smallest absolute Gasteiger partial charge is 0.255 e. The molecule has 0 unspecified atom stereocenters. The first kappa shape index (κ1) is 16.8. The van der Waals surface area contributed by atoms with Gasteiger partial charge in [0.2, 0.25) is 10.0 Å². The Kier molecular flexibility index (Phi) is 4.59. The number of sulfonamides is 1. The minimum atomic E-state index is -3.61. The van der Waals surface area contributed by atoms with E-state index in [0.717, 1.165) is 0 Å². The Morgan fingerprint density at radius 3 is 2.68 bits per heavy atom. The van der Waals surface area contributed by atoms with Crippen LogP contribution in [0.2, 0.25) is 0 Å². The molecular formula is C16H15N5O3S. The number of pyridine rings is 1. The van der Waals surface area contributed by atoms with Crippen LogP contribution in [0.25, 0.3) is 5.82 Å². The van der Waals surface area contributed by atoms with Gasteiger partial charge in [-0.3, -0.25) is 9.36 Å². The van der Waals surface area contributed by atoms with E-state index in [1.807, 2.05) is 0 Å². The van der Waals surface area contributed by atoms with Crippen LogP contribution in [0.1, 0.15) is 10.4 Å². The third kappa shape index (κ3) is 3.73. The average Bonchev–Trinajstić information content (AvgIpc) is 3.17. The number of rotatable bonds is 5. The van der Waals surface area contributed by atoms with Crippen molar-refractivity contribution in [1.82, 2.24) is 19.3 Å². The van der Waals surface area contributed by atoms with E-state index in [1.54, 1.807) is 35.4 Å². The summed E-state index contributed by atoms with van der Waals surface area (Å²) in [5.74, 6) is 0.239. The summed E-state index contributed by atoms with van der Waals surface area (Å²) in [4.78, 5) is 20.5. The topological polar surface area (TPSA) is 106 Å². The van der Waals surface area contributed by atoms with Gasteiger partial charge >= 0.3 is 0 Å². The maximum atomic E-state index is 12.3. The molecule has 3 rings (SSSR count). The Morgan fingerprint density at radius 1 is 1.20 bits per heavy atom. The molecule has 0 spiro atoms. The van der Waals surface area contributed by atoms with Crippen molar-refractivity contribution in [2.75, 3.05) is 12.4 Å². The summed E-state index contributed by atoms with van der Waals surface area (Å²) in [5, 5.41) is 2.69. The molecule has 0 radical (unpaired) electrons. The van der Waals surface area contributed by atoms with E-state index in [-0.39, 0.29) is 10.5 Å². The van der Waals surface area contributed by atoms with Crippen molar-refractivity contribution < 1.29 is 13.2 Å². The molecule has 0 aliphatic rings. The van der Waals surface area contributed by atoms with E-state index in [1.165, 1.54) is 37.5 Å². The Labute approximate surface area is 144 Å². The van der Waals surface area contributed by atoms with Crippen molar-refractivity contribution >= 4 is 21.6 Å². The van der Waals surface area contributed by atoms with Crippen LogP contribution in [0.5, 0.6) is 0 Å². The van der Waals surface area contributed by atoms with Gasteiger partial charge in [0.25, 0.3) is 5.91 Å². The van der Waals surface area contributed by atoms with Crippen LogP contribution < -0.4 is 10.0 Å². The second-order valence-electron chi connectivity index (χ2n) is 5.06. The first-order valence-electron chi connectivity index (χ1n) is 7.29. The number of hydrogen-bond acceptors (Lipinski definition) is 5. The van der Waals surface area contributed by atoms with Crippen molar-refractivity contribution in [3.05, 3.63) is 66.9 Å². The summed E-state index contributed by atoms with van der Waals surface area (Å²) in [6.45, 7) is 0. The van der Waals surface area contributed by atoms with Gasteiger partial charge in [0.05, 0.1) is 16.8 Å². The Hall–Kier alpha value is -3.04. The van der Waals surface area contributed by atoms with Gasteiger partial charge in [-0.1, -0.05) is 6.07 Å². The second kappa shape index (κ2) is 6.83. The lowest BCUT2D eigenvalue weighted by Gasteiger charge is -2.08. The van der Waals surface area contributed by atoms with E-state index in [9.17, 15) is 13.2 Å². The van der Waals surface area contributed by atoms with Crippen LogP contribution in [0, 0.1) is 0 Å². The molecule has 0 aliphatic heterocycles.